The molecule has 1 aromatic heterocycles. The van der Waals surface area contributed by atoms with Crippen molar-refractivity contribution in [2.24, 2.45) is 0 Å². The number of nitrogens with zero attached hydrogens (tertiary/aromatic N) is 2. The Kier molecular flexibility index (Phi) is 3.57. The average molecular weight is 316 g/mol. The number of carbonyl (C=O) groups excluding carboxylic acids is 1. The molecule has 7 nitrogen and oxygen atoms in total. The lowest BCUT2D eigenvalue weighted by atomic mass is 10.2. The summed E-state index contributed by atoms with van der Waals surface area (Å²) in [5.74, 6) is -1.59. The summed E-state index contributed by atoms with van der Waals surface area (Å²) >= 11 is 0. The van der Waals surface area contributed by atoms with Gasteiger partial charge in [0.05, 0.1) is 12.4 Å². The van der Waals surface area contributed by atoms with Crippen molar-refractivity contribution in [2.45, 2.75) is 13.2 Å². The smallest absolute Gasteiger partial charge is 0.298 e. The molecule has 1 aromatic carbocycles. The van der Waals surface area contributed by atoms with E-state index in [9.17, 15) is 19.1 Å². The Morgan fingerprint density at radius 3 is 2.83 bits per heavy atom. The van der Waals surface area contributed by atoms with Crippen LogP contribution in [-0.4, -0.2) is 20.6 Å². The van der Waals surface area contributed by atoms with Gasteiger partial charge in [0, 0.05) is 6.54 Å². The van der Waals surface area contributed by atoms with Gasteiger partial charge in [0.15, 0.2) is 11.5 Å². The van der Waals surface area contributed by atoms with Gasteiger partial charge >= 0.3 is 0 Å². The molecule has 0 fully saturated rings. The number of benzene rings is 1. The van der Waals surface area contributed by atoms with Crippen molar-refractivity contribution >= 4 is 11.6 Å². The number of hydrogen-bond acceptors (Lipinski definition) is 5. The molecule has 0 radical (unpaired) electrons. The molecule has 8 heteroatoms. The molecule has 1 aliphatic heterocycles. The van der Waals surface area contributed by atoms with Crippen LogP contribution in [0, 0.1) is 5.82 Å². The zero-order valence-corrected chi connectivity index (χ0v) is 12.0. The Balaban J connectivity index is 1.84. The van der Waals surface area contributed by atoms with Crippen molar-refractivity contribution in [3.8, 4) is 5.75 Å². The minimum Gasteiger partial charge on any atom is -0.501 e. The molecule has 0 spiro atoms. The molecule has 0 atom stereocenters. The first-order valence-electron chi connectivity index (χ1n) is 6.77. The van der Waals surface area contributed by atoms with E-state index in [1.807, 2.05) is 0 Å². The molecule has 0 saturated carbocycles. The number of carbonyl (C=O) groups is 1. The number of rotatable bonds is 3. The van der Waals surface area contributed by atoms with Crippen molar-refractivity contribution in [2.75, 3.05) is 0 Å². The molecule has 0 unspecified atom stereocenters. The molecule has 3 N–H and O–H groups in total. The summed E-state index contributed by atoms with van der Waals surface area (Å²) in [6.45, 7) is 3.94. The van der Waals surface area contributed by atoms with Crippen LogP contribution < -0.4 is 16.2 Å². The fraction of sp³-hybridized carbons (Fsp3) is 0.133. The highest BCUT2D eigenvalue weighted by Gasteiger charge is 2.25. The second-order valence-corrected chi connectivity index (χ2v) is 4.99. The molecule has 1 amide bonds. The van der Waals surface area contributed by atoms with E-state index in [0.29, 0.717) is 11.3 Å². The van der Waals surface area contributed by atoms with E-state index in [1.54, 1.807) is 0 Å². The normalized spacial score (nSPS) is 12.7. The largest absolute Gasteiger partial charge is 0.501 e. The standard InChI is InChI=1S/C15H13FN4O3/c1-8-13-19-11(12(21)15(23)20(13)7-18-8)14(22)17-6-9-2-4-10(16)5-3-9/h2-5,18,21H,1,6-7H2,(H,17,22). The zero-order chi connectivity index (χ0) is 16.6. The van der Waals surface area contributed by atoms with Crippen LogP contribution >= 0.6 is 0 Å². The molecule has 0 aliphatic carbocycles. The van der Waals surface area contributed by atoms with Crippen LogP contribution in [0.25, 0.3) is 5.70 Å². The third-order valence-corrected chi connectivity index (χ3v) is 3.45. The molecule has 23 heavy (non-hydrogen) atoms. The SMILES string of the molecule is C=C1NCn2c1nc(C(=O)NCc1ccc(F)cc1)c(O)c2=O. The second kappa shape index (κ2) is 5.56. The quantitative estimate of drug-likeness (QED) is 0.768. The van der Waals surface area contributed by atoms with E-state index < -0.39 is 17.2 Å². The first kappa shape index (κ1) is 14.8. The monoisotopic (exact) mass is 316 g/mol. The second-order valence-electron chi connectivity index (χ2n) is 4.99. The Labute approximate surface area is 130 Å². The van der Waals surface area contributed by atoms with Crippen molar-refractivity contribution in [3.05, 3.63) is 64.1 Å². The maximum absolute atomic E-state index is 12.8. The minimum absolute atomic E-state index is 0.109. The Morgan fingerprint density at radius 2 is 2.13 bits per heavy atom. The summed E-state index contributed by atoms with van der Waals surface area (Å²) in [4.78, 5) is 28.2. The van der Waals surface area contributed by atoms with Gasteiger partial charge in [-0.15, -0.1) is 0 Å². The van der Waals surface area contributed by atoms with Gasteiger partial charge in [-0.25, -0.2) is 9.37 Å². The van der Waals surface area contributed by atoms with Gasteiger partial charge < -0.3 is 15.7 Å². The summed E-state index contributed by atoms with van der Waals surface area (Å²) in [7, 11) is 0. The van der Waals surface area contributed by atoms with Crippen LogP contribution in [0.4, 0.5) is 4.39 Å². The van der Waals surface area contributed by atoms with Crippen molar-refractivity contribution in [1.82, 2.24) is 20.2 Å². The van der Waals surface area contributed by atoms with E-state index in [4.69, 9.17) is 0 Å². The van der Waals surface area contributed by atoms with Crippen LogP contribution in [0.2, 0.25) is 0 Å². The number of nitrogens with one attached hydrogen (secondary N) is 2. The topological polar surface area (TPSA) is 96.2 Å². The summed E-state index contributed by atoms with van der Waals surface area (Å²) < 4.78 is 14.0. The third-order valence-electron chi connectivity index (χ3n) is 3.45. The molecule has 0 bridgehead atoms. The Bertz CT molecular complexity index is 858. The van der Waals surface area contributed by atoms with Crippen LogP contribution in [0.3, 0.4) is 0 Å². The predicted octanol–water partition coefficient (Wildman–Crippen LogP) is 0.549. The highest BCUT2D eigenvalue weighted by atomic mass is 19.1. The van der Waals surface area contributed by atoms with Gasteiger partial charge in [-0.3, -0.25) is 14.2 Å². The van der Waals surface area contributed by atoms with E-state index in [-0.39, 0.29) is 30.5 Å². The van der Waals surface area contributed by atoms with Crippen LogP contribution in [0.5, 0.6) is 5.75 Å². The molecule has 2 aromatic rings. The van der Waals surface area contributed by atoms with E-state index >= 15 is 0 Å². The van der Waals surface area contributed by atoms with Crippen LogP contribution in [-0.2, 0) is 13.2 Å². The molecular weight excluding hydrogens is 303 g/mol. The van der Waals surface area contributed by atoms with E-state index in [1.165, 1.54) is 28.8 Å². The number of amides is 1. The fourth-order valence-corrected chi connectivity index (χ4v) is 2.20. The summed E-state index contributed by atoms with van der Waals surface area (Å²) in [5, 5.41) is 15.2. The highest BCUT2D eigenvalue weighted by molar-refractivity contribution is 5.95. The van der Waals surface area contributed by atoms with Crippen molar-refractivity contribution in [3.63, 3.8) is 0 Å². The molecule has 3 rings (SSSR count). The van der Waals surface area contributed by atoms with Crippen LogP contribution in [0.1, 0.15) is 21.9 Å². The lowest BCUT2D eigenvalue weighted by molar-refractivity contribution is 0.0942. The number of aromatic nitrogens is 2. The number of fused-ring (bicyclic) bond motifs is 1. The summed E-state index contributed by atoms with van der Waals surface area (Å²) in [5.41, 5.74) is -0.0147. The van der Waals surface area contributed by atoms with Gasteiger partial charge in [0.2, 0.25) is 5.75 Å². The fourth-order valence-electron chi connectivity index (χ4n) is 2.20. The number of halogens is 1. The van der Waals surface area contributed by atoms with Crippen molar-refractivity contribution < 1.29 is 14.3 Å². The van der Waals surface area contributed by atoms with E-state index in [2.05, 4.69) is 22.2 Å². The van der Waals surface area contributed by atoms with Gasteiger partial charge in [-0.2, -0.15) is 0 Å². The molecular formula is C15H13FN4O3. The average Bonchev–Trinajstić information content (AvgIpc) is 2.91. The summed E-state index contributed by atoms with van der Waals surface area (Å²) in [6, 6.07) is 5.59. The lowest BCUT2D eigenvalue weighted by Crippen LogP contribution is -2.29. The van der Waals surface area contributed by atoms with Crippen LogP contribution in [0.15, 0.2) is 35.6 Å². The van der Waals surface area contributed by atoms with Crippen molar-refractivity contribution in [1.29, 1.82) is 0 Å². The van der Waals surface area contributed by atoms with E-state index in [0.717, 1.165) is 0 Å². The van der Waals surface area contributed by atoms with Gasteiger partial charge in [0.1, 0.15) is 5.82 Å². The Hall–Kier alpha value is -3.16. The molecule has 0 saturated heterocycles. The molecule has 2 heterocycles. The number of aromatic hydroxyl groups is 1. The van der Waals surface area contributed by atoms with Gasteiger partial charge in [-0.05, 0) is 17.7 Å². The predicted molar refractivity (Wildman–Crippen MR) is 79.9 cm³/mol. The maximum atomic E-state index is 12.8. The minimum atomic E-state index is -0.721. The summed E-state index contributed by atoms with van der Waals surface area (Å²) in [6.07, 6.45) is 0. The third kappa shape index (κ3) is 2.66. The number of hydrogen-bond donors (Lipinski definition) is 3. The molecule has 1 aliphatic rings. The first-order valence-corrected chi connectivity index (χ1v) is 6.77. The maximum Gasteiger partial charge on any atom is 0.298 e. The molecule has 118 valence electrons. The Morgan fingerprint density at radius 1 is 1.43 bits per heavy atom. The zero-order valence-electron chi connectivity index (χ0n) is 12.0. The first-order chi connectivity index (χ1) is 11.0. The van der Waals surface area contributed by atoms with Gasteiger partial charge in [-0.1, -0.05) is 18.7 Å². The lowest BCUT2D eigenvalue weighted by Gasteiger charge is -2.08. The van der Waals surface area contributed by atoms with Gasteiger partial charge in [0.25, 0.3) is 11.5 Å². The highest BCUT2D eigenvalue weighted by Crippen LogP contribution is 2.17.